The van der Waals surface area contributed by atoms with Gasteiger partial charge in [-0.25, -0.2) is 0 Å². The predicted molar refractivity (Wildman–Crippen MR) is 69.7 cm³/mol. The number of aryl methyl sites for hydroxylation is 1. The van der Waals surface area contributed by atoms with Gasteiger partial charge in [-0.15, -0.1) is 12.4 Å². The molecule has 0 bridgehead atoms. The molecule has 0 unspecified atom stereocenters. The average Bonchev–Trinajstić information content (AvgIpc) is 2.14. The highest BCUT2D eigenvalue weighted by Gasteiger charge is 2.15. The highest BCUT2D eigenvalue weighted by molar-refractivity contribution is 9.10. The molecule has 1 aromatic rings. The standard InChI is InChI=1S/C11H16BrNO.ClH/c1-4-8(13)10-7(3)11(12)6(2)5-9(10)14;/h5,8,14H,4,13H2,1-3H3;1H/t8-;/m1./s1. The number of halogens is 2. The SMILES string of the molecule is CC[C@@H](N)c1c(O)cc(C)c(Br)c1C.Cl. The zero-order chi connectivity index (χ0) is 10.9. The van der Waals surface area contributed by atoms with E-state index in [-0.39, 0.29) is 18.4 Å². The summed E-state index contributed by atoms with van der Waals surface area (Å²) in [6.45, 7) is 5.94. The van der Waals surface area contributed by atoms with Crippen molar-refractivity contribution in [3.05, 3.63) is 27.2 Å². The summed E-state index contributed by atoms with van der Waals surface area (Å²) in [6.07, 6.45) is 0.823. The minimum Gasteiger partial charge on any atom is -0.508 e. The van der Waals surface area contributed by atoms with Gasteiger partial charge in [0.15, 0.2) is 0 Å². The number of aromatic hydroxyl groups is 1. The van der Waals surface area contributed by atoms with Gasteiger partial charge in [-0.2, -0.15) is 0 Å². The van der Waals surface area contributed by atoms with Crippen LogP contribution in [0.5, 0.6) is 5.75 Å². The third-order valence-corrected chi connectivity index (χ3v) is 3.74. The molecule has 1 rings (SSSR count). The fourth-order valence-corrected chi connectivity index (χ4v) is 1.95. The molecule has 0 aliphatic heterocycles. The Bertz CT molecular complexity index is 355. The summed E-state index contributed by atoms with van der Waals surface area (Å²) in [6, 6.07) is 1.66. The molecule has 0 heterocycles. The van der Waals surface area contributed by atoms with Gasteiger partial charge in [0.2, 0.25) is 0 Å². The van der Waals surface area contributed by atoms with Crippen molar-refractivity contribution in [2.45, 2.75) is 33.2 Å². The molecule has 0 aromatic heterocycles. The zero-order valence-electron chi connectivity index (χ0n) is 9.17. The topological polar surface area (TPSA) is 46.2 Å². The second-order valence-electron chi connectivity index (χ2n) is 3.58. The summed E-state index contributed by atoms with van der Waals surface area (Å²) >= 11 is 3.49. The predicted octanol–water partition coefficient (Wildman–Crippen LogP) is 3.60. The van der Waals surface area contributed by atoms with Crippen LogP contribution in [0.4, 0.5) is 0 Å². The van der Waals surface area contributed by atoms with Gasteiger partial charge in [0.1, 0.15) is 5.75 Å². The summed E-state index contributed by atoms with van der Waals surface area (Å²) in [5, 5.41) is 9.80. The van der Waals surface area contributed by atoms with E-state index in [1.165, 1.54) is 0 Å². The van der Waals surface area contributed by atoms with Crippen molar-refractivity contribution >= 4 is 28.3 Å². The van der Waals surface area contributed by atoms with Crippen LogP contribution in [0, 0.1) is 13.8 Å². The van der Waals surface area contributed by atoms with Gasteiger partial charge in [0, 0.05) is 16.1 Å². The molecule has 0 spiro atoms. The van der Waals surface area contributed by atoms with Gasteiger partial charge in [0.25, 0.3) is 0 Å². The summed E-state index contributed by atoms with van der Waals surface area (Å²) < 4.78 is 1.04. The first-order chi connectivity index (χ1) is 6.49. The third-order valence-electron chi connectivity index (χ3n) is 2.52. The molecule has 1 aromatic carbocycles. The van der Waals surface area contributed by atoms with Gasteiger partial charge in [-0.3, -0.25) is 0 Å². The summed E-state index contributed by atoms with van der Waals surface area (Å²) in [5.41, 5.74) is 8.86. The van der Waals surface area contributed by atoms with Crippen molar-refractivity contribution in [1.29, 1.82) is 0 Å². The summed E-state index contributed by atoms with van der Waals surface area (Å²) in [5.74, 6) is 0.303. The Kier molecular flexibility index (Phi) is 5.63. The van der Waals surface area contributed by atoms with Crippen LogP contribution in [0.1, 0.15) is 36.1 Å². The molecule has 0 aliphatic carbocycles. The fourth-order valence-electron chi connectivity index (χ4n) is 1.62. The van der Waals surface area contributed by atoms with E-state index in [4.69, 9.17) is 5.73 Å². The van der Waals surface area contributed by atoms with E-state index in [1.54, 1.807) is 6.07 Å². The van der Waals surface area contributed by atoms with Crippen LogP contribution in [-0.4, -0.2) is 5.11 Å². The lowest BCUT2D eigenvalue weighted by Crippen LogP contribution is -2.11. The van der Waals surface area contributed by atoms with Crippen LogP contribution in [0.3, 0.4) is 0 Å². The van der Waals surface area contributed by atoms with Crippen molar-refractivity contribution in [3.8, 4) is 5.75 Å². The molecule has 0 amide bonds. The van der Waals surface area contributed by atoms with Crippen LogP contribution >= 0.6 is 28.3 Å². The van der Waals surface area contributed by atoms with Gasteiger partial charge < -0.3 is 10.8 Å². The van der Waals surface area contributed by atoms with Crippen LogP contribution < -0.4 is 5.73 Å². The Balaban J connectivity index is 0.00000196. The van der Waals surface area contributed by atoms with Crippen LogP contribution in [0.25, 0.3) is 0 Å². The Morgan fingerprint density at radius 1 is 1.47 bits per heavy atom. The number of hydrogen-bond donors (Lipinski definition) is 2. The normalized spacial score (nSPS) is 12.1. The van der Waals surface area contributed by atoms with Crippen LogP contribution in [0.2, 0.25) is 0 Å². The first-order valence-electron chi connectivity index (χ1n) is 4.73. The van der Waals surface area contributed by atoms with E-state index < -0.39 is 0 Å². The lowest BCUT2D eigenvalue weighted by atomic mass is 9.97. The molecule has 0 saturated carbocycles. The second kappa shape index (κ2) is 5.73. The fraction of sp³-hybridized carbons (Fsp3) is 0.455. The smallest absolute Gasteiger partial charge is 0.120 e. The van der Waals surface area contributed by atoms with Crippen molar-refractivity contribution in [1.82, 2.24) is 0 Å². The molecular weight excluding hydrogens is 277 g/mol. The monoisotopic (exact) mass is 293 g/mol. The Hall–Kier alpha value is -0.250. The average molecular weight is 295 g/mol. The highest BCUT2D eigenvalue weighted by Crippen LogP contribution is 2.35. The molecule has 3 N–H and O–H groups in total. The zero-order valence-corrected chi connectivity index (χ0v) is 11.6. The van der Waals surface area contributed by atoms with Gasteiger partial charge in [-0.1, -0.05) is 22.9 Å². The van der Waals surface area contributed by atoms with Crippen LogP contribution in [-0.2, 0) is 0 Å². The number of phenols is 1. The molecule has 4 heteroatoms. The minimum absolute atomic E-state index is 0. The number of nitrogens with two attached hydrogens (primary N) is 1. The first-order valence-corrected chi connectivity index (χ1v) is 5.52. The number of phenolic OH excluding ortho intramolecular Hbond substituents is 1. The summed E-state index contributed by atoms with van der Waals surface area (Å²) in [4.78, 5) is 0. The van der Waals surface area contributed by atoms with Crippen molar-refractivity contribution in [2.24, 2.45) is 5.73 Å². The number of benzene rings is 1. The number of hydrogen-bond acceptors (Lipinski definition) is 2. The van der Waals surface area contributed by atoms with Crippen LogP contribution in [0.15, 0.2) is 10.5 Å². The van der Waals surface area contributed by atoms with E-state index in [9.17, 15) is 5.11 Å². The molecular formula is C11H17BrClNO. The maximum atomic E-state index is 9.80. The van der Waals surface area contributed by atoms with Gasteiger partial charge >= 0.3 is 0 Å². The van der Waals surface area contributed by atoms with Crippen molar-refractivity contribution < 1.29 is 5.11 Å². The molecule has 0 fully saturated rings. The molecule has 2 nitrogen and oxygen atoms in total. The minimum atomic E-state index is -0.0908. The quantitative estimate of drug-likeness (QED) is 0.875. The van der Waals surface area contributed by atoms with Crippen molar-refractivity contribution in [2.75, 3.05) is 0 Å². The Morgan fingerprint density at radius 3 is 2.47 bits per heavy atom. The van der Waals surface area contributed by atoms with Gasteiger partial charge in [-0.05, 0) is 37.5 Å². The Morgan fingerprint density at radius 2 is 2.00 bits per heavy atom. The van der Waals surface area contributed by atoms with E-state index in [1.807, 2.05) is 20.8 Å². The largest absolute Gasteiger partial charge is 0.508 e. The molecule has 0 radical (unpaired) electrons. The molecule has 0 aliphatic rings. The highest BCUT2D eigenvalue weighted by atomic mass is 79.9. The maximum absolute atomic E-state index is 9.80. The van der Waals surface area contributed by atoms with Gasteiger partial charge in [0.05, 0.1) is 0 Å². The molecule has 1 atom stereocenters. The van der Waals surface area contributed by atoms with E-state index in [0.29, 0.717) is 5.75 Å². The second-order valence-corrected chi connectivity index (χ2v) is 4.37. The summed E-state index contributed by atoms with van der Waals surface area (Å²) in [7, 11) is 0. The van der Waals surface area contributed by atoms with Crippen molar-refractivity contribution in [3.63, 3.8) is 0 Å². The molecule has 15 heavy (non-hydrogen) atoms. The number of rotatable bonds is 2. The molecule has 0 saturated heterocycles. The molecule has 86 valence electrons. The lowest BCUT2D eigenvalue weighted by Gasteiger charge is -2.17. The first kappa shape index (κ1) is 14.8. The van der Waals surface area contributed by atoms with E-state index in [0.717, 1.165) is 27.6 Å². The lowest BCUT2D eigenvalue weighted by molar-refractivity contribution is 0.458. The van der Waals surface area contributed by atoms with E-state index in [2.05, 4.69) is 15.9 Å². The Labute approximate surface area is 105 Å². The van der Waals surface area contributed by atoms with E-state index >= 15 is 0 Å². The maximum Gasteiger partial charge on any atom is 0.120 e. The third kappa shape index (κ3) is 2.86.